The molecule has 3 nitrogen and oxygen atoms in total. The number of hydrogen-bond donors (Lipinski definition) is 0. The fourth-order valence-electron chi connectivity index (χ4n) is 7.59. The SMILES string of the molecule is N#Cc1cc(-c2c3ccccc3c(-c3ccccc3)c3ccccc23)cc(-c2cccc(-n3c4ccccc4c4ccccc43)c2)c1C#N. The summed E-state index contributed by atoms with van der Waals surface area (Å²) < 4.78 is 2.28. The molecule has 8 aromatic carbocycles. The number of fused-ring (bicyclic) bond motifs is 5. The van der Waals surface area contributed by atoms with Crippen molar-refractivity contribution in [3.8, 4) is 51.2 Å². The van der Waals surface area contributed by atoms with Crippen molar-refractivity contribution in [2.75, 3.05) is 0 Å². The van der Waals surface area contributed by atoms with Gasteiger partial charge in [-0.15, -0.1) is 0 Å². The predicted molar refractivity (Wildman–Crippen MR) is 202 cm³/mol. The van der Waals surface area contributed by atoms with Crippen molar-refractivity contribution in [1.29, 1.82) is 10.5 Å². The Balaban J connectivity index is 1.32. The van der Waals surface area contributed by atoms with Crippen molar-refractivity contribution in [3.63, 3.8) is 0 Å². The number of aromatic nitrogens is 1. The van der Waals surface area contributed by atoms with E-state index in [0.29, 0.717) is 11.1 Å². The van der Waals surface area contributed by atoms with Gasteiger partial charge in [-0.1, -0.05) is 127 Å². The van der Waals surface area contributed by atoms with E-state index in [1.165, 1.54) is 16.3 Å². The number of hydrogen-bond acceptors (Lipinski definition) is 2. The van der Waals surface area contributed by atoms with Crippen molar-refractivity contribution >= 4 is 43.4 Å². The summed E-state index contributed by atoms with van der Waals surface area (Å²) in [5.74, 6) is 0. The summed E-state index contributed by atoms with van der Waals surface area (Å²) in [5, 5.41) is 27.8. The molecule has 0 aliphatic rings. The average molecular weight is 622 g/mol. The lowest BCUT2D eigenvalue weighted by atomic mass is 9.84. The maximum atomic E-state index is 10.5. The average Bonchev–Trinajstić information content (AvgIpc) is 3.51. The van der Waals surface area contributed by atoms with Crippen molar-refractivity contribution in [2.24, 2.45) is 0 Å². The molecule has 0 radical (unpaired) electrons. The van der Waals surface area contributed by atoms with Gasteiger partial charge in [-0.2, -0.15) is 10.5 Å². The lowest BCUT2D eigenvalue weighted by molar-refractivity contribution is 1.18. The topological polar surface area (TPSA) is 52.5 Å². The van der Waals surface area contributed by atoms with Crippen LogP contribution in [-0.2, 0) is 0 Å². The molecule has 0 saturated carbocycles. The van der Waals surface area contributed by atoms with Crippen molar-refractivity contribution < 1.29 is 0 Å². The number of nitriles is 2. The first-order chi connectivity index (χ1) is 24.2. The van der Waals surface area contributed by atoms with E-state index < -0.39 is 0 Å². The summed E-state index contributed by atoms with van der Waals surface area (Å²) in [6.45, 7) is 0. The Morgan fingerprint density at radius 2 is 0.878 bits per heavy atom. The Kier molecular flexibility index (Phi) is 6.58. The minimum atomic E-state index is 0.359. The molecule has 1 heterocycles. The zero-order chi connectivity index (χ0) is 32.9. The summed E-state index contributed by atoms with van der Waals surface area (Å²) in [5.41, 5.74) is 9.86. The van der Waals surface area contributed by atoms with Gasteiger partial charge in [-0.3, -0.25) is 0 Å². The first-order valence-electron chi connectivity index (χ1n) is 16.3. The van der Waals surface area contributed by atoms with Gasteiger partial charge in [0, 0.05) is 22.0 Å². The normalized spacial score (nSPS) is 11.2. The Bertz CT molecular complexity index is 2740. The minimum Gasteiger partial charge on any atom is -0.309 e. The first-order valence-corrected chi connectivity index (χ1v) is 16.3. The largest absolute Gasteiger partial charge is 0.309 e. The van der Waals surface area contributed by atoms with E-state index in [1.54, 1.807) is 0 Å². The van der Waals surface area contributed by atoms with Crippen LogP contribution in [0.2, 0.25) is 0 Å². The molecule has 0 bridgehead atoms. The van der Waals surface area contributed by atoms with Crippen LogP contribution in [0, 0.1) is 22.7 Å². The van der Waals surface area contributed by atoms with E-state index in [4.69, 9.17) is 0 Å². The second kappa shape index (κ2) is 11.4. The van der Waals surface area contributed by atoms with Crippen LogP contribution in [0.25, 0.3) is 82.4 Å². The molecule has 226 valence electrons. The molecule has 0 aliphatic heterocycles. The third-order valence-corrected chi connectivity index (χ3v) is 9.65. The first kappa shape index (κ1) is 28.3. The third kappa shape index (κ3) is 4.42. The highest BCUT2D eigenvalue weighted by atomic mass is 15.0. The fourth-order valence-corrected chi connectivity index (χ4v) is 7.59. The predicted octanol–water partition coefficient (Wildman–Crippen LogP) is 11.8. The van der Waals surface area contributed by atoms with Crippen molar-refractivity contribution in [3.05, 3.63) is 175 Å². The summed E-state index contributed by atoms with van der Waals surface area (Å²) >= 11 is 0. The van der Waals surface area contributed by atoms with Crippen molar-refractivity contribution in [1.82, 2.24) is 4.57 Å². The van der Waals surface area contributed by atoms with Gasteiger partial charge >= 0.3 is 0 Å². The molecular weight excluding hydrogens is 595 g/mol. The number of para-hydroxylation sites is 2. The van der Waals surface area contributed by atoms with E-state index in [2.05, 4.69) is 156 Å². The van der Waals surface area contributed by atoms with Crippen LogP contribution in [0.15, 0.2) is 164 Å². The smallest absolute Gasteiger partial charge is 0.101 e. The highest BCUT2D eigenvalue weighted by Gasteiger charge is 2.20. The fraction of sp³-hybridized carbons (Fsp3) is 0. The zero-order valence-corrected chi connectivity index (χ0v) is 26.4. The van der Waals surface area contributed by atoms with Crippen LogP contribution < -0.4 is 0 Å². The maximum absolute atomic E-state index is 10.5. The molecule has 1 aromatic heterocycles. The Labute approximate surface area is 283 Å². The second-order valence-corrected chi connectivity index (χ2v) is 12.3. The Morgan fingerprint density at radius 1 is 0.388 bits per heavy atom. The zero-order valence-electron chi connectivity index (χ0n) is 26.4. The van der Waals surface area contributed by atoms with E-state index in [0.717, 1.165) is 66.1 Å². The van der Waals surface area contributed by atoms with Gasteiger partial charge in [0.25, 0.3) is 0 Å². The molecule has 0 atom stereocenters. The Morgan fingerprint density at radius 3 is 1.43 bits per heavy atom. The second-order valence-electron chi connectivity index (χ2n) is 12.3. The summed E-state index contributed by atoms with van der Waals surface area (Å²) in [4.78, 5) is 0. The molecule has 0 N–H and O–H groups in total. The van der Waals surface area contributed by atoms with Gasteiger partial charge in [0.15, 0.2) is 0 Å². The van der Waals surface area contributed by atoms with Gasteiger partial charge in [-0.25, -0.2) is 0 Å². The summed E-state index contributed by atoms with van der Waals surface area (Å²) in [6, 6.07) is 61.4. The lowest BCUT2D eigenvalue weighted by Gasteiger charge is -2.19. The maximum Gasteiger partial charge on any atom is 0.101 e. The van der Waals surface area contributed by atoms with Gasteiger partial charge in [0.1, 0.15) is 12.1 Å². The highest BCUT2D eigenvalue weighted by Crippen LogP contribution is 2.45. The van der Waals surface area contributed by atoms with Gasteiger partial charge in [-0.05, 0) is 85.8 Å². The van der Waals surface area contributed by atoms with Gasteiger partial charge in [0.05, 0.1) is 22.2 Å². The molecule has 0 amide bonds. The standard InChI is InChI=1S/C46H27N3/c47-28-33-25-32(46-39-21-6-4-19-37(39)45(30-13-2-1-3-14-30)38-20-5-7-22-40(38)46)27-41(42(33)29-48)31-15-12-16-34(26-31)49-43-23-10-8-17-35(43)36-18-9-11-24-44(36)49/h1-27H. The molecule has 0 spiro atoms. The lowest BCUT2D eigenvalue weighted by Crippen LogP contribution is -1.97. The van der Waals surface area contributed by atoms with Crippen LogP contribution in [0.1, 0.15) is 11.1 Å². The number of benzene rings is 8. The van der Waals surface area contributed by atoms with Crippen LogP contribution in [0.4, 0.5) is 0 Å². The minimum absolute atomic E-state index is 0.359. The Hall–Kier alpha value is -6.94. The van der Waals surface area contributed by atoms with E-state index >= 15 is 0 Å². The highest BCUT2D eigenvalue weighted by molar-refractivity contribution is 6.21. The molecule has 3 heteroatoms. The molecule has 9 rings (SSSR count). The van der Waals surface area contributed by atoms with E-state index in [1.807, 2.05) is 24.3 Å². The number of rotatable bonds is 4. The third-order valence-electron chi connectivity index (χ3n) is 9.65. The molecule has 0 saturated heterocycles. The van der Waals surface area contributed by atoms with Gasteiger partial charge in [0.2, 0.25) is 0 Å². The molecular formula is C46H27N3. The van der Waals surface area contributed by atoms with Crippen LogP contribution in [-0.4, -0.2) is 4.57 Å². The summed E-state index contributed by atoms with van der Waals surface area (Å²) in [7, 11) is 0. The molecule has 49 heavy (non-hydrogen) atoms. The van der Waals surface area contributed by atoms with Crippen LogP contribution in [0.5, 0.6) is 0 Å². The quantitative estimate of drug-likeness (QED) is 0.184. The van der Waals surface area contributed by atoms with E-state index in [9.17, 15) is 10.5 Å². The summed E-state index contributed by atoms with van der Waals surface area (Å²) in [6.07, 6.45) is 0. The van der Waals surface area contributed by atoms with Crippen molar-refractivity contribution in [2.45, 2.75) is 0 Å². The monoisotopic (exact) mass is 621 g/mol. The van der Waals surface area contributed by atoms with Gasteiger partial charge < -0.3 is 4.57 Å². The molecule has 0 unspecified atom stereocenters. The van der Waals surface area contributed by atoms with E-state index in [-0.39, 0.29) is 0 Å². The van der Waals surface area contributed by atoms with Crippen LogP contribution >= 0.6 is 0 Å². The molecule has 0 fully saturated rings. The van der Waals surface area contributed by atoms with Crippen LogP contribution in [0.3, 0.4) is 0 Å². The molecule has 9 aromatic rings. The molecule has 0 aliphatic carbocycles. The number of nitrogens with zero attached hydrogens (tertiary/aromatic N) is 3.